The van der Waals surface area contributed by atoms with Crippen LogP contribution in [0.5, 0.6) is 0 Å². The van der Waals surface area contributed by atoms with Crippen molar-refractivity contribution in [2.45, 2.75) is 63.8 Å². The first-order chi connectivity index (χ1) is 9.08. The van der Waals surface area contributed by atoms with Crippen molar-refractivity contribution in [1.82, 2.24) is 9.47 Å². The van der Waals surface area contributed by atoms with Gasteiger partial charge in [0.1, 0.15) is 5.69 Å². The van der Waals surface area contributed by atoms with E-state index in [0.29, 0.717) is 6.04 Å². The van der Waals surface area contributed by atoms with Crippen molar-refractivity contribution in [2.24, 2.45) is 0 Å². The molecule has 2 atom stereocenters. The Balaban J connectivity index is 1.87. The van der Waals surface area contributed by atoms with Gasteiger partial charge in [0.15, 0.2) is 0 Å². The fourth-order valence-corrected chi connectivity index (χ4v) is 3.64. The van der Waals surface area contributed by atoms with E-state index in [4.69, 9.17) is 0 Å². The molecule has 19 heavy (non-hydrogen) atoms. The SMILES string of the molecule is CC(C)n1cccc1C(=O)N1C2CCC1CC(O)C2. The van der Waals surface area contributed by atoms with Gasteiger partial charge in [0.25, 0.3) is 5.91 Å². The third-order valence-corrected chi connectivity index (χ3v) is 4.50. The van der Waals surface area contributed by atoms with Crippen LogP contribution in [-0.4, -0.2) is 38.7 Å². The van der Waals surface area contributed by atoms with Gasteiger partial charge in [-0.3, -0.25) is 4.79 Å². The predicted octanol–water partition coefficient (Wildman–Crippen LogP) is 2.20. The monoisotopic (exact) mass is 262 g/mol. The van der Waals surface area contributed by atoms with Crippen molar-refractivity contribution in [3.8, 4) is 0 Å². The van der Waals surface area contributed by atoms with E-state index < -0.39 is 0 Å². The fraction of sp³-hybridized carbons (Fsp3) is 0.667. The van der Waals surface area contributed by atoms with Crippen LogP contribution in [0.2, 0.25) is 0 Å². The van der Waals surface area contributed by atoms with Gasteiger partial charge < -0.3 is 14.6 Å². The molecule has 1 aromatic rings. The van der Waals surface area contributed by atoms with Crippen LogP contribution in [0, 0.1) is 0 Å². The van der Waals surface area contributed by atoms with Crippen molar-refractivity contribution in [3.63, 3.8) is 0 Å². The lowest BCUT2D eigenvalue weighted by Gasteiger charge is -2.37. The molecular weight excluding hydrogens is 240 g/mol. The summed E-state index contributed by atoms with van der Waals surface area (Å²) in [5.74, 6) is 0.137. The third-order valence-electron chi connectivity index (χ3n) is 4.50. The fourth-order valence-electron chi connectivity index (χ4n) is 3.64. The normalized spacial score (nSPS) is 30.1. The van der Waals surface area contributed by atoms with E-state index in [9.17, 15) is 9.90 Å². The molecule has 2 fully saturated rings. The summed E-state index contributed by atoms with van der Waals surface area (Å²) in [5, 5.41) is 9.82. The second-order valence-electron chi connectivity index (χ2n) is 6.12. The lowest BCUT2D eigenvalue weighted by molar-refractivity contribution is 0.0278. The highest BCUT2D eigenvalue weighted by Crippen LogP contribution is 2.36. The smallest absolute Gasteiger partial charge is 0.270 e. The Morgan fingerprint density at radius 3 is 2.53 bits per heavy atom. The summed E-state index contributed by atoms with van der Waals surface area (Å²) in [4.78, 5) is 14.8. The summed E-state index contributed by atoms with van der Waals surface area (Å²) in [5.41, 5.74) is 0.781. The zero-order valence-electron chi connectivity index (χ0n) is 11.6. The molecule has 0 saturated carbocycles. The lowest BCUT2D eigenvalue weighted by Crippen LogP contribution is -2.48. The number of aromatic nitrogens is 1. The Hall–Kier alpha value is -1.29. The molecule has 0 spiro atoms. The van der Waals surface area contributed by atoms with Crippen LogP contribution in [0.1, 0.15) is 56.1 Å². The number of piperidine rings is 1. The third kappa shape index (κ3) is 2.08. The van der Waals surface area contributed by atoms with Crippen LogP contribution in [0.25, 0.3) is 0 Å². The Morgan fingerprint density at radius 2 is 1.95 bits per heavy atom. The first-order valence-electron chi connectivity index (χ1n) is 7.25. The topological polar surface area (TPSA) is 45.5 Å². The molecular formula is C15H22N2O2. The van der Waals surface area contributed by atoms with Crippen molar-refractivity contribution < 1.29 is 9.90 Å². The Kier molecular flexibility index (Phi) is 3.13. The number of carbonyl (C=O) groups is 1. The summed E-state index contributed by atoms with van der Waals surface area (Å²) >= 11 is 0. The molecule has 2 saturated heterocycles. The van der Waals surface area contributed by atoms with E-state index in [2.05, 4.69) is 13.8 Å². The van der Waals surface area contributed by atoms with Crippen LogP contribution in [0.4, 0.5) is 0 Å². The van der Waals surface area contributed by atoms with E-state index >= 15 is 0 Å². The van der Waals surface area contributed by atoms with E-state index in [1.807, 2.05) is 27.8 Å². The summed E-state index contributed by atoms with van der Waals surface area (Å²) in [6.45, 7) is 4.18. The minimum atomic E-state index is -0.224. The largest absolute Gasteiger partial charge is 0.393 e. The molecule has 2 aliphatic rings. The Morgan fingerprint density at radius 1 is 1.32 bits per heavy atom. The van der Waals surface area contributed by atoms with Crippen molar-refractivity contribution >= 4 is 5.91 Å². The summed E-state index contributed by atoms with van der Waals surface area (Å²) in [7, 11) is 0. The van der Waals surface area contributed by atoms with E-state index in [0.717, 1.165) is 31.4 Å². The van der Waals surface area contributed by atoms with Crippen LogP contribution in [0.3, 0.4) is 0 Å². The maximum Gasteiger partial charge on any atom is 0.270 e. The molecule has 0 aliphatic carbocycles. The highest BCUT2D eigenvalue weighted by Gasteiger charge is 2.43. The molecule has 1 N–H and O–H groups in total. The summed E-state index contributed by atoms with van der Waals surface area (Å²) in [6.07, 6.45) is 5.30. The van der Waals surface area contributed by atoms with Gasteiger partial charge in [-0.1, -0.05) is 0 Å². The molecule has 2 unspecified atom stereocenters. The van der Waals surface area contributed by atoms with Crippen molar-refractivity contribution in [3.05, 3.63) is 24.0 Å². The first kappa shape index (κ1) is 12.7. The van der Waals surface area contributed by atoms with Gasteiger partial charge in [-0.25, -0.2) is 0 Å². The summed E-state index contributed by atoms with van der Waals surface area (Å²) in [6, 6.07) is 4.61. The van der Waals surface area contributed by atoms with Gasteiger partial charge in [0.2, 0.25) is 0 Å². The van der Waals surface area contributed by atoms with Crippen molar-refractivity contribution in [2.75, 3.05) is 0 Å². The number of amides is 1. The molecule has 1 amide bonds. The average molecular weight is 262 g/mol. The molecule has 104 valence electrons. The van der Waals surface area contributed by atoms with Crippen LogP contribution >= 0.6 is 0 Å². The maximum absolute atomic E-state index is 12.8. The number of hydrogen-bond donors (Lipinski definition) is 1. The van der Waals surface area contributed by atoms with E-state index in [1.54, 1.807) is 0 Å². The molecule has 1 aromatic heterocycles. The molecule has 2 aliphatic heterocycles. The second-order valence-corrected chi connectivity index (χ2v) is 6.12. The minimum absolute atomic E-state index is 0.137. The lowest BCUT2D eigenvalue weighted by atomic mass is 9.99. The summed E-state index contributed by atoms with van der Waals surface area (Å²) < 4.78 is 2.03. The Bertz CT molecular complexity index is 466. The number of fused-ring (bicyclic) bond motifs is 2. The number of hydrogen-bond acceptors (Lipinski definition) is 2. The first-order valence-corrected chi connectivity index (χ1v) is 7.25. The average Bonchev–Trinajstić information content (AvgIpc) is 2.92. The number of rotatable bonds is 2. The van der Waals surface area contributed by atoms with Crippen molar-refractivity contribution in [1.29, 1.82) is 0 Å². The van der Waals surface area contributed by atoms with Gasteiger partial charge in [-0.2, -0.15) is 0 Å². The predicted molar refractivity (Wildman–Crippen MR) is 73.0 cm³/mol. The molecule has 0 aromatic carbocycles. The van der Waals surface area contributed by atoms with E-state index in [1.165, 1.54) is 0 Å². The molecule has 2 bridgehead atoms. The molecule has 3 heterocycles. The highest BCUT2D eigenvalue weighted by molar-refractivity contribution is 5.93. The minimum Gasteiger partial charge on any atom is -0.393 e. The standard InChI is InChI=1S/C15H22N2O2/c1-10(2)16-7-3-4-14(16)15(19)17-11-5-6-12(17)9-13(18)8-11/h3-4,7,10-13,18H,5-6,8-9H2,1-2H3. The number of carbonyl (C=O) groups excluding carboxylic acids is 1. The van der Waals surface area contributed by atoms with Gasteiger partial charge in [0, 0.05) is 24.3 Å². The second kappa shape index (κ2) is 4.67. The maximum atomic E-state index is 12.8. The number of aliphatic hydroxyl groups excluding tert-OH is 1. The quantitative estimate of drug-likeness (QED) is 0.888. The zero-order valence-corrected chi connectivity index (χ0v) is 11.6. The molecule has 4 heteroatoms. The van der Waals surface area contributed by atoms with Crippen LogP contribution < -0.4 is 0 Å². The highest BCUT2D eigenvalue weighted by atomic mass is 16.3. The zero-order chi connectivity index (χ0) is 13.6. The van der Waals surface area contributed by atoms with E-state index in [-0.39, 0.29) is 24.1 Å². The van der Waals surface area contributed by atoms with Gasteiger partial charge >= 0.3 is 0 Å². The van der Waals surface area contributed by atoms with Gasteiger partial charge in [-0.05, 0) is 51.7 Å². The molecule has 4 nitrogen and oxygen atoms in total. The number of aliphatic hydroxyl groups is 1. The van der Waals surface area contributed by atoms with Gasteiger partial charge in [-0.15, -0.1) is 0 Å². The number of nitrogens with zero attached hydrogens (tertiary/aromatic N) is 2. The molecule has 0 radical (unpaired) electrons. The van der Waals surface area contributed by atoms with Crippen LogP contribution in [-0.2, 0) is 0 Å². The molecule has 3 rings (SSSR count). The Labute approximate surface area is 114 Å². The van der Waals surface area contributed by atoms with Crippen LogP contribution in [0.15, 0.2) is 18.3 Å². The van der Waals surface area contributed by atoms with Gasteiger partial charge in [0.05, 0.1) is 6.10 Å².